The summed E-state index contributed by atoms with van der Waals surface area (Å²) in [5.74, 6) is 0.937. The van der Waals surface area contributed by atoms with Gasteiger partial charge in [-0.3, -0.25) is 4.79 Å². The van der Waals surface area contributed by atoms with Crippen LogP contribution in [0.2, 0.25) is 0 Å². The van der Waals surface area contributed by atoms with Gasteiger partial charge in [-0.25, -0.2) is 0 Å². The van der Waals surface area contributed by atoms with Crippen LogP contribution >= 0.6 is 0 Å². The summed E-state index contributed by atoms with van der Waals surface area (Å²) in [4.78, 5) is 13.5. The Kier molecular flexibility index (Phi) is 3.13. The standard InChI is InChI=1S/C17H24N2O/c1-17(2)10-13(17)16(18-3)12-5-7-14-11(9-12)6-8-15(20)19(14)4/h5,7,9,13,16,18H,6,8,10H2,1-4H3. The first kappa shape index (κ1) is 13.6. The maximum atomic E-state index is 11.7. The third-order valence-electron chi connectivity index (χ3n) is 5.11. The summed E-state index contributed by atoms with van der Waals surface area (Å²) in [5.41, 5.74) is 4.21. The molecule has 0 radical (unpaired) electrons. The molecule has 1 fully saturated rings. The second-order valence-electron chi connectivity index (χ2n) is 6.91. The molecule has 1 aromatic carbocycles. The van der Waals surface area contributed by atoms with Crippen LogP contribution in [0, 0.1) is 11.3 Å². The summed E-state index contributed by atoms with van der Waals surface area (Å²) in [5, 5.41) is 3.48. The number of fused-ring (bicyclic) bond motifs is 1. The molecule has 1 saturated carbocycles. The van der Waals surface area contributed by atoms with E-state index in [-0.39, 0.29) is 5.91 Å². The number of amides is 1. The number of carbonyl (C=O) groups is 1. The fraction of sp³-hybridized carbons (Fsp3) is 0.588. The molecule has 3 nitrogen and oxygen atoms in total. The Morgan fingerprint density at radius 3 is 2.65 bits per heavy atom. The van der Waals surface area contributed by atoms with Gasteiger partial charge in [0.15, 0.2) is 0 Å². The minimum absolute atomic E-state index is 0.221. The summed E-state index contributed by atoms with van der Waals surface area (Å²) in [6, 6.07) is 7.02. The Hall–Kier alpha value is -1.35. The fourth-order valence-corrected chi connectivity index (χ4v) is 3.55. The zero-order valence-electron chi connectivity index (χ0n) is 12.9. The van der Waals surface area contributed by atoms with Crippen molar-refractivity contribution in [3.05, 3.63) is 29.3 Å². The van der Waals surface area contributed by atoms with Crippen LogP contribution in [-0.2, 0) is 11.2 Å². The summed E-state index contributed by atoms with van der Waals surface area (Å²) < 4.78 is 0. The molecule has 0 saturated heterocycles. The number of rotatable bonds is 3. The average Bonchev–Trinajstić information content (AvgIpc) is 3.04. The molecule has 2 unspecified atom stereocenters. The van der Waals surface area contributed by atoms with Gasteiger partial charge in [0.25, 0.3) is 0 Å². The molecule has 3 rings (SSSR count). The highest BCUT2D eigenvalue weighted by atomic mass is 16.2. The molecule has 0 aromatic heterocycles. The largest absolute Gasteiger partial charge is 0.315 e. The topological polar surface area (TPSA) is 32.3 Å². The smallest absolute Gasteiger partial charge is 0.227 e. The van der Waals surface area contributed by atoms with E-state index in [0.29, 0.717) is 23.8 Å². The third kappa shape index (κ3) is 2.14. The van der Waals surface area contributed by atoms with E-state index < -0.39 is 0 Å². The van der Waals surface area contributed by atoms with Crippen molar-refractivity contribution in [2.75, 3.05) is 19.0 Å². The van der Waals surface area contributed by atoms with E-state index in [2.05, 4.69) is 37.4 Å². The van der Waals surface area contributed by atoms with Crippen LogP contribution in [-0.4, -0.2) is 20.0 Å². The molecular weight excluding hydrogens is 248 g/mol. The Balaban J connectivity index is 1.90. The van der Waals surface area contributed by atoms with Crippen LogP contribution < -0.4 is 10.2 Å². The first-order chi connectivity index (χ1) is 9.44. The van der Waals surface area contributed by atoms with Crippen molar-refractivity contribution in [2.24, 2.45) is 11.3 Å². The SMILES string of the molecule is CNC(c1ccc2c(c1)CCC(=O)N2C)C1CC1(C)C. The molecular formula is C17H24N2O. The minimum Gasteiger partial charge on any atom is -0.315 e. The molecule has 1 aliphatic heterocycles. The van der Waals surface area contributed by atoms with Crippen molar-refractivity contribution in [1.82, 2.24) is 5.32 Å². The number of hydrogen-bond acceptors (Lipinski definition) is 2. The van der Waals surface area contributed by atoms with Gasteiger partial charge >= 0.3 is 0 Å². The average molecular weight is 272 g/mol. The normalized spacial score (nSPS) is 25.3. The molecule has 20 heavy (non-hydrogen) atoms. The van der Waals surface area contributed by atoms with Gasteiger partial charge in [0, 0.05) is 25.2 Å². The third-order valence-corrected chi connectivity index (χ3v) is 5.11. The van der Waals surface area contributed by atoms with E-state index in [1.54, 1.807) is 4.90 Å². The van der Waals surface area contributed by atoms with Gasteiger partial charge < -0.3 is 10.2 Å². The molecule has 1 aliphatic carbocycles. The molecule has 1 N–H and O–H groups in total. The summed E-state index contributed by atoms with van der Waals surface area (Å²) in [6.45, 7) is 4.68. The first-order valence-electron chi connectivity index (χ1n) is 7.50. The highest BCUT2D eigenvalue weighted by molar-refractivity contribution is 5.95. The Bertz CT molecular complexity index is 550. The van der Waals surface area contributed by atoms with Gasteiger partial charge in [0.1, 0.15) is 0 Å². The van der Waals surface area contributed by atoms with Crippen LogP contribution in [0.1, 0.15) is 43.9 Å². The Morgan fingerprint density at radius 2 is 2.05 bits per heavy atom. The molecule has 0 spiro atoms. The lowest BCUT2D eigenvalue weighted by molar-refractivity contribution is -0.118. The summed E-state index contributed by atoms with van der Waals surface area (Å²) in [7, 11) is 3.92. The lowest BCUT2D eigenvalue weighted by atomic mass is 9.92. The first-order valence-corrected chi connectivity index (χ1v) is 7.50. The monoisotopic (exact) mass is 272 g/mol. The molecule has 1 amide bonds. The number of carbonyl (C=O) groups excluding carboxylic acids is 1. The van der Waals surface area contributed by atoms with E-state index in [0.717, 1.165) is 12.1 Å². The molecule has 2 atom stereocenters. The number of nitrogens with one attached hydrogen (secondary N) is 1. The van der Waals surface area contributed by atoms with Crippen LogP contribution in [0.5, 0.6) is 0 Å². The maximum absolute atomic E-state index is 11.7. The minimum atomic E-state index is 0.221. The molecule has 2 aliphatic rings. The highest BCUT2D eigenvalue weighted by Crippen LogP contribution is 2.57. The van der Waals surface area contributed by atoms with E-state index in [4.69, 9.17) is 0 Å². The number of hydrogen-bond donors (Lipinski definition) is 1. The summed E-state index contributed by atoms with van der Waals surface area (Å²) >= 11 is 0. The molecule has 1 aromatic rings. The number of benzene rings is 1. The lowest BCUT2D eigenvalue weighted by Crippen LogP contribution is -2.31. The number of aryl methyl sites for hydroxylation is 1. The van der Waals surface area contributed by atoms with Gasteiger partial charge in [-0.1, -0.05) is 26.0 Å². The Labute approximate surface area is 121 Å². The molecule has 0 bridgehead atoms. The van der Waals surface area contributed by atoms with Crippen molar-refractivity contribution in [2.45, 2.75) is 39.2 Å². The van der Waals surface area contributed by atoms with Crippen LogP contribution in [0.3, 0.4) is 0 Å². The number of nitrogens with zero attached hydrogens (tertiary/aromatic N) is 1. The molecule has 1 heterocycles. The van der Waals surface area contributed by atoms with Gasteiger partial charge in [-0.15, -0.1) is 0 Å². The van der Waals surface area contributed by atoms with E-state index in [9.17, 15) is 4.79 Å². The van der Waals surface area contributed by atoms with Crippen molar-refractivity contribution < 1.29 is 4.79 Å². The predicted molar refractivity (Wildman–Crippen MR) is 81.9 cm³/mol. The maximum Gasteiger partial charge on any atom is 0.227 e. The number of anilines is 1. The highest BCUT2D eigenvalue weighted by Gasteiger charge is 2.50. The van der Waals surface area contributed by atoms with E-state index in [1.807, 2.05) is 14.1 Å². The Morgan fingerprint density at radius 1 is 1.35 bits per heavy atom. The fourth-order valence-electron chi connectivity index (χ4n) is 3.55. The molecule has 3 heteroatoms. The van der Waals surface area contributed by atoms with Crippen molar-refractivity contribution in [1.29, 1.82) is 0 Å². The van der Waals surface area contributed by atoms with E-state index >= 15 is 0 Å². The van der Waals surface area contributed by atoms with Gasteiger partial charge in [-0.05, 0) is 48.4 Å². The van der Waals surface area contributed by atoms with Gasteiger partial charge in [-0.2, -0.15) is 0 Å². The zero-order valence-corrected chi connectivity index (χ0v) is 12.9. The van der Waals surface area contributed by atoms with E-state index in [1.165, 1.54) is 17.5 Å². The second-order valence-corrected chi connectivity index (χ2v) is 6.91. The van der Waals surface area contributed by atoms with Gasteiger partial charge in [0.2, 0.25) is 5.91 Å². The molecule has 108 valence electrons. The zero-order chi connectivity index (χ0) is 14.5. The summed E-state index contributed by atoms with van der Waals surface area (Å²) in [6.07, 6.45) is 2.79. The second kappa shape index (κ2) is 4.59. The van der Waals surface area contributed by atoms with Crippen LogP contribution in [0.4, 0.5) is 5.69 Å². The van der Waals surface area contributed by atoms with Gasteiger partial charge in [0.05, 0.1) is 0 Å². The van der Waals surface area contributed by atoms with Crippen molar-refractivity contribution in [3.63, 3.8) is 0 Å². The van der Waals surface area contributed by atoms with Crippen molar-refractivity contribution >= 4 is 11.6 Å². The predicted octanol–water partition coefficient (Wildman–Crippen LogP) is 2.90. The van der Waals surface area contributed by atoms with Crippen molar-refractivity contribution in [3.8, 4) is 0 Å². The quantitative estimate of drug-likeness (QED) is 0.917. The lowest BCUT2D eigenvalue weighted by Gasteiger charge is -2.27. The van der Waals surface area contributed by atoms with Crippen LogP contribution in [0.25, 0.3) is 0 Å². The van der Waals surface area contributed by atoms with Crippen LogP contribution in [0.15, 0.2) is 18.2 Å².